The molecule has 3 heterocycles. The standard InChI is InChI=1S/C11H16N6O/c1-11(2-4-18-5-3-11)16-8-7-6-13-17-9(7)15-10(12)14-8/h6H,2-5H2,1H3,(H4,12,13,14,15,16,17). The number of fused-ring (bicyclic) bond motifs is 1. The van der Waals surface area contributed by atoms with Gasteiger partial charge >= 0.3 is 0 Å². The highest BCUT2D eigenvalue weighted by Crippen LogP contribution is 2.28. The van der Waals surface area contributed by atoms with Crippen LogP contribution in [0.4, 0.5) is 11.8 Å². The molecule has 18 heavy (non-hydrogen) atoms. The Morgan fingerprint density at radius 2 is 2.17 bits per heavy atom. The Balaban J connectivity index is 1.96. The molecule has 7 heteroatoms. The van der Waals surface area contributed by atoms with Crippen LogP contribution in [0.2, 0.25) is 0 Å². The van der Waals surface area contributed by atoms with Gasteiger partial charge in [0.1, 0.15) is 5.82 Å². The van der Waals surface area contributed by atoms with Gasteiger partial charge in [0, 0.05) is 18.8 Å². The van der Waals surface area contributed by atoms with Crippen molar-refractivity contribution < 1.29 is 4.74 Å². The second kappa shape index (κ2) is 4.09. The normalized spacial score (nSPS) is 18.9. The molecule has 0 amide bonds. The average Bonchev–Trinajstić information content (AvgIpc) is 2.77. The van der Waals surface area contributed by atoms with E-state index in [-0.39, 0.29) is 11.5 Å². The van der Waals surface area contributed by atoms with Crippen molar-refractivity contribution in [2.45, 2.75) is 25.3 Å². The van der Waals surface area contributed by atoms with Gasteiger partial charge in [0.25, 0.3) is 0 Å². The van der Waals surface area contributed by atoms with Crippen LogP contribution < -0.4 is 11.1 Å². The molecular weight excluding hydrogens is 232 g/mol. The molecule has 0 saturated carbocycles. The maximum atomic E-state index is 5.70. The van der Waals surface area contributed by atoms with Crippen LogP contribution >= 0.6 is 0 Å². The van der Waals surface area contributed by atoms with Crippen LogP contribution in [0.5, 0.6) is 0 Å². The van der Waals surface area contributed by atoms with E-state index in [1.165, 1.54) is 0 Å². The number of hydrogen-bond donors (Lipinski definition) is 3. The number of aromatic amines is 1. The highest BCUT2D eigenvalue weighted by Gasteiger charge is 2.28. The Morgan fingerprint density at radius 1 is 1.39 bits per heavy atom. The van der Waals surface area contributed by atoms with Gasteiger partial charge in [-0.05, 0) is 19.8 Å². The van der Waals surface area contributed by atoms with Crippen LogP contribution in [0.15, 0.2) is 6.20 Å². The van der Waals surface area contributed by atoms with Gasteiger partial charge < -0.3 is 15.8 Å². The number of anilines is 2. The lowest BCUT2D eigenvalue weighted by Crippen LogP contribution is -2.41. The molecule has 4 N–H and O–H groups in total. The lowest BCUT2D eigenvalue weighted by Gasteiger charge is -2.35. The van der Waals surface area contributed by atoms with Gasteiger partial charge in [-0.3, -0.25) is 5.10 Å². The molecule has 0 aliphatic carbocycles. The summed E-state index contributed by atoms with van der Waals surface area (Å²) >= 11 is 0. The van der Waals surface area contributed by atoms with Crippen molar-refractivity contribution in [3.8, 4) is 0 Å². The smallest absolute Gasteiger partial charge is 0.224 e. The number of nitrogens with zero attached hydrogens (tertiary/aromatic N) is 3. The van der Waals surface area contributed by atoms with E-state index in [1.807, 2.05) is 0 Å². The van der Waals surface area contributed by atoms with Crippen molar-refractivity contribution >= 4 is 22.8 Å². The number of nitrogens with one attached hydrogen (secondary N) is 2. The molecule has 7 nitrogen and oxygen atoms in total. The molecular formula is C11H16N6O. The minimum atomic E-state index is -0.0246. The van der Waals surface area contributed by atoms with Crippen LogP contribution in [-0.4, -0.2) is 38.9 Å². The van der Waals surface area contributed by atoms with Gasteiger partial charge in [0.2, 0.25) is 5.95 Å². The third-order valence-electron chi connectivity index (χ3n) is 3.34. The maximum Gasteiger partial charge on any atom is 0.224 e. The van der Waals surface area contributed by atoms with Crippen LogP contribution in [0.25, 0.3) is 11.0 Å². The summed E-state index contributed by atoms with van der Waals surface area (Å²) < 4.78 is 5.38. The summed E-state index contributed by atoms with van der Waals surface area (Å²) in [5.41, 5.74) is 6.33. The summed E-state index contributed by atoms with van der Waals surface area (Å²) in [6.45, 7) is 3.69. The molecule has 0 radical (unpaired) electrons. The van der Waals surface area contributed by atoms with Crippen molar-refractivity contribution in [3.63, 3.8) is 0 Å². The van der Waals surface area contributed by atoms with Crippen LogP contribution in [0.1, 0.15) is 19.8 Å². The number of H-pyrrole nitrogens is 1. The summed E-state index contributed by atoms with van der Waals surface area (Å²) in [6.07, 6.45) is 3.59. The van der Waals surface area contributed by atoms with Gasteiger partial charge in [-0.1, -0.05) is 0 Å². The molecule has 1 fully saturated rings. The fraction of sp³-hybridized carbons (Fsp3) is 0.545. The molecule has 1 aliphatic rings. The summed E-state index contributed by atoms with van der Waals surface area (Å²) in [7, 11) is 0. The lowest BCUT2D eigenvalue weighted by molar-refractivity contribution is 0.0657. The maximum absolute atomic E-state index is 5.70. The summed E-state index contributed by atoms with van der Waals surface area (Å²) in [4.78, 5) is 8.36. The predicted octanol–water partition coefficient (Wildman–Crippen LogP) is 0.916. The highest BCUT2D eigenvalue weighted by atomic mass is 16.5. The van der Waals surface area contributed by atoms with Gasteiger partial charge in [-0.2, -0.15) is 15.1 Å². The van der Waals surface area contributed by atoms with Crippen molar-refractivity contribution in [2.75, 3.05) is 24.3 Å². The number of hydrogen-bond acceptors (Lipinski definition) is 6. The quantitative estimate of drug-likeness (QED) is 0.730. The molecule has 2 aromatic heterocycles. The molecule has 0 aromatic carbocycles. The van der Waals surface area contributed by atoms with Crippen molar-refractivity contribution in [2.24, 2.45) is 0 Å². The van der Waals surface area contributed by atoms with Crippen LogP contribution in [0, 0.1) is 0 Å². The van der Waals surface area contributed by atoms with Gasteiger partial charge in [-0.15, -0.1) is 0 Å². The number of rotatable bonds is 2. The Hall–Kier alpha value is -1.89. The number of ether oxygens (including phenoxy) is 1. The fourth-order valence-electron chi connectivity index (χ4n) is 2.18. The van der Waals surface area contributed by atoms with E-state index in [4.69, 9.17) is 10.5 Å². The molecule has 0 bridgehead atoms. The number of aromatic nitrogens is 4. The van der Waals surface area contributed by atoms with Gasteiger partial charge in [-0.25, -0.2) is 0 Å². The predicted molar refractivity (Wildman–Crippen MR) is 68.2 cm³/mol. The Kier molecular flexibility index (Phi) is 2.55. The Labute approximate surface area is 104 Å². The van der Waals surface area contributed by atoms with E-state index >= 15 is 0 Å². The van der Waals surface area contributed by atoms with Crippen LogP contribution in [-0.2, 0) is 4.74 Å². The van der Waals surface area contributed by atoms with E-state index in [0.29, 0.717) is 5.65 Å². The molecule has 1 saturated heterocycles. The SMILES string of the molecule is CC1(Nc2nc(N)nc3[nH]ncc23)CCOCC1. The summed E-state index contributed by atoms with van der Waals surface area (Å²) in [5, 5.41) is 11.1. The molecule has 2 aromatic rings. The van der Waals surface area contributed by atoms with E-state index in [2.05, 4.69) is 32.4 Å². The third-order valence-corrected chi connectivity index (χ3v) is 3.34. The van der Waals surface area contributed by atoms with E-state index in [1.54, 1.807) is 6.20 Å². The molecule has 96 valence electrons. The van der Waals surface area contributed by atoms with E-state index in [9.17, 15) is 0 Å². The Bertz CT molecular complexity index is 560. The van der Waals surface area contributed by atoms with Gasteiger partial charge in [0.05, 0.1) is 11.6 Å². The van der Waals surface area contributed by atoms with Gasteiger partial charge in [0.15, 0.2) is 5.65 Å². The first-order valence-corrected chi connectivity index (χ1v) is 5.99. The second-order valence-electron chi connectivity index (χ2n) is 4.86. The van der Waals surface area contributed by atoms with E-state index in [0.717, 1.165) is 37.3 Å². The molecule has 0 unspecified atom stereocenters. The topological polar surface area (TPSA) is 102 Å². The van der Waals surface area contributed by atoms with Crippen molar-refractivity contribution in [1.29, 1.82) is 0 Å². The third kappa shape index (κ3) is 1.97. The summed E-state index contributed by atoms with van der Waals surface area (Å²) in [5.74, 6) is 0.973. The van der Waals surface area contributed by atoms with Crippen molar-refractivity contribution in [1.82, 2.24) is 20.2 Å². The molecule has 0 atom stereocenters. The lowest BCUT2D eigenvalue weighted by atomic mass is 9.92. The minimum Gasteiger partial charge on any atom is -0.381 e. The number of nitrogens with two attached hydrogens (primary N) is 1. The number of nitrogen functional groups attached to an aromatic ring is 1. The first kappa shape index (κ1) is 11.2. The van der Waals surface area contributed by atoms with Crippen LogP contribution in [0.3, 0.4) is 0 Å². The highest BCUT2D eigenvalue weighted by molar-refractivity contribution is 5.87. The largest absolute Gasteiger partial charge is 0.381 e. The molecule has 1 aliphatic heterocycles. The second-order valence-corrected chi connectivity index (χ2v) is 4.86. The molecule has 0 spiro atoms. The average molecular weight is 248 g/mol. The zero-order chi connectivity index (χ0) is 12.6. The zero-order valence-electron chi connectivity index (χ0n) is 10.2. The fourth-order valence-corrected chi connectivity index (χ4v) is 2.18. The molecule has 3 rings (SSSR count). The first-order chi connectivity index (χ1) is 8.66. The Morgan fingerprint density at radius 3 is 2.94 bits per heavy atom. The summed E-state index contributed by atoms with van der Waals surface area (Å²) in [6, 6.07) is 0. The monoisotopic (exact) mass is 248 g/mol. The van der Waals surface area contributed by atoms with E-state index < -0.39 is 0 Å². The minimum absolute atomic E-state index is 0.0246. The zero-order valence-corrected chi connectivity index (χ0v) is 10.2. The van der Waals surface area contributed by atoms with Crippen molar-refractivity contribution in [3.05, 3.63) is 6.20 Å². The first-order valence-electron chi connectivity index (χ1n) is 5.99.